The number of aromatic nitrogens is 1. The van der Waals surface area contributed by atoms with E-state index in [-0.39, 0.29) is 17.6 Å². The molecule has 0 spiro atoms. The number of nitro benzene ring substituents is 1. The van der Waals surface area contributed by atoms with Crippen LogP contribution < -0.4 is 10.6 Å². The first-order valence-corrected chi connectivity index (χ1v) is 10.0. The summed E-state index contributed by atoms with van der Waals surface area (Å²) < 4.78 is 0. The van der Waals surface area contributed by atoms with Gasteiger partial charge >= 0.3 is 0 Å². The highest BCUT2D eigenvalue weighted by molar-refractivity contribution is 5.95. The first-order chi connectivity index (χ1) is 14.0. The predicted molar refractivity (Wildman–Crippen MR) is 110 cm³/mol. The van der Waals surface area contributed by atoms with E-state index in [9.17, 15) is 14.9 Å². The number of rotatable bonds is 5. The first-order valence-electron chi connectivity index (χ1n) is 10.0. The second-order valence-corrected chi connectivity index (χ2v) is 7.79. The number of benzene rings is 1. The number of likely N-dealkylation sites (tertiary alicyclic amines) is 1. The molecule has 1 aromatic heterocycles. The van der Waals surface area contributed by atoms with Crippen molar-refractivity contribution < 1.29 is 9.72 Å². The van der Waals surface area contributed by atoms with Gasteiger partial charge in [-0.1, -0.05) is 6.07 Å². The average molecular weight is 395 g/mol. The van der Waals surface area contributed by atoms with Crippen molar-refractivity contribution in [3.63, 3.8) is 0 Å². The molecule has 2 aromatic rings. The van der Waals surface area contributed by atoms with Gasteiger partial charge in [-0.25, -0.2) is 0 Å². The van der Waals surface area contributed by atoms with Crippen molar-refractivity contribution in [3.8, 4) is 0 Å². The maximum absolute atomic E-state index is 13.0. The Morgan fingerprint density at radius 3 is 2.86 bits per heavy atom. The van der Waals surface area contributed by atoms with Crippen LogP contribution in [0.2, 0.25) is 0 Å². The quantitative estimate of drug-likeness (QED) is 0.596. The molecule has 8 heteroatoms. The van der Waals surface area contributed by atoms with Gasteiger partial charge in [0.05, 0.1) is 16.7 Å². The third-order valence-corrected chi connectivity index (χ3v) is 5.76. The maximum Gasteiger partial charge on any atom is 0.293 e. The normalized spacial score (nSPS) is 22.0. The summed E-state index contributed by atoms with van der Waals surface area (Å²) in [5.41, 5.74) is 1.41. The van der Waals surface area contributed by atoms with Crippen LogP contribution in [0.4, 0.5) is 11.4 Å². The van der Waals surface area contributed by atoms with Gasteiger partial charge in [-0.3, -0.25) is 19.9 Å². The Bertz CT molecular complexity index is 904. The van der Waals surface area contributed by atoms with E-state index >= 15 is 0 Å². The van der Waals surface area contributed by atoms with Crippen LogP contribution in [0.1, 0.15) is 48.3 Å². The van der Waals surface area contributed by atoms with E-state index in [0.717, 1.165) is 25.0 Å². The summed E-state index contributed by atoms with van der Waals surface area (Å²) >= 11 is 0. The second kappa shape index (κ2) is 8.16. The molecule has 0 saturated carbocycles. The molecule has 152 valence electrons. The number of nitrogens with zero attached hydrogens (tertiary/aromatic N) is 3. The van der Waals surface area contributed by atoms with Crippen molar-refractivity contribution in [2.24, 2.45) is 0 Å². The Kier molecular flexibility index (Phi) is 5.44. The minimum Gasteiger partial charge on any atom is -0.371 e. The van der Waals surface area contributed by atoms with E-state index in [1.165, 1.54) is 6.07 Å². The molecular formula is C21H25N5O3. The lowest BCUT2D eigenvalue weighted by atomic mass is 10.1. The Morgan fingerprint density at radius 2 is 2.10 bits per heavy atom. The molecule has 4 rings (SSSR count). The topological polar surface area (TPSA) is 100 Å². The van der Waals surface area contributed by atoms with Gasteiger partial charge in [-0.15, -0.1) is 0 Å². The molecule has 29 heavy (non-hydrogen) atoms. The number of nitrogens with one attached hydrogen (secondary N) is 2. The fourth-order valence-electron chi connectivity index (χ4n) is 4.19. The summed E-state index contributed by atoms with van der Waals surface area (Å²) in [6.07, 6.45) is 4.84. The van der Waals surface area contributed by atoms with Gasteiger partial charge in [-0.2, -0.15) is 0 Å². The first kappa shape index (κ1) is 19.3. The number of hydrogen-bond donors (Lipinski definition) is 2. The van der Waals surface area contributed by atoms with E-state index in [2.05, 4.69) is 15.6 Å². The molecule has 2 aliphatic heterocycles. The van der Waals surface area contributed by atoms with Gasteiger partial charge < -0.3 is 15.5 Å². The van der Waals surface area contributed by atoms with Gasteiger partial charge in [0.15, 0.2) is 0 Å². The highest BCUT2D eigenvalue weighted by Crippen LogP contribution is 2.30. The molecule has 2 fully saturated rings. The average Bonchev–Trinajstić information content (AvgIpc) is 3.06. The molecule has 2 N–H and O–H groups in total. The fourth-order valence-corrected chi connectivity index (χ4v) is 4.19. The number of carbonyl (C=O) groups excluding carboxylic acids is 1. The molecule has 3 heterocycles. The van der Waals surface area contributed by atoms with E-state index in [4.69, 9.17) is 0 Å². The highest BCUT2D eigenvalue weighted by atomic mass is 16.6. The molecule has 2 saturated heterocycles. The molecule has 1 aromatic carbocycles. The second-order valence-electron chi connectivity index (χ2n) is 7.79. The smallest absolute Gasteiger partial charge is 0.293 e. The molecule has 8 nitrogen and oxygen atoms in total. The summed E-state index contributed by atoms with van der Waals surface area (Å²) in [5, 5.41) is 18.4. The number of anilines is 1. The number of pyridine rings is 1. The van der Waals surface area contributed by atoms with Crippen LogP contribution >= 0.6 is 0 Å². The Hall–Kier alpha value is -3.00. The minimum atomic E-state index is -0.448. The van der Waals surface area contributed by atoms with E-state index in [1.54, 1.807) is 18.3 Å². The van der Waals surface area contributed by atoms with Gasteiger partial charge in [0.2, 0.25) is 0 Å². The molecule has 3 unspecified atom stereocenters. The third kappa shape index (κ3) is 4.22. The summed E-state index contributed by atoms with van der Waals surface area (Å²) in [6, 6.07) is 10.8. The molecule has 3 atom stereocenters. The number of nitro groups is 1. The molecular weight excluding hydrogens is 370 g/mol. The minimum absolute atomic E-state index is 0.104. The van der Waals surface area contributed by atoms with Gasteiger partial charge in [0.25, 0.3) is 11.6 Å². The SMILES string of the molecule is CC(Nc1ccc(C(=O)N2CCC3CCC(C2)N3)cc1[N+](=O)[O-])c1ccccn1. The van der Waals surface area contributed by atoms with Crippen LogP contribution in [0.25, 0.3) is 0 Å². The number of amides is 1. The summed E-state index contributed by atoms with van der Waals surface area (Å²) in [7, 11) is 0. The molecule has 2 bridgehead atoms. The Morgan fingerprint density at radius 1 is 1.28 bits per heavy atom. The highest BCUT2D eigenvalue weighted by Gasteiger charge is 2.32. The monoisotopic (exact) mass is 395 g/mol. The Labute approximate surface area is 169 Å². The molecule has 1 amide bonds. The van der Waals surface area contributed by atoms with Gasteiger partial charge in [-0.05, 0) is 50.5 Å². The Balaban J connectivity index is 1.54. The molecule has 0 aliphatic carbocycles. The lowest BCUT2D eigenvalue weighted by Gasteiger charge is -2.24. The van der Waals surface area contributed by atoms with Gasteiger partial charge in [0.1, 0.15) is 5.69 Å². The number of fused-ring (bicyclic) bond motifs is 2. The van der Waals surface area contributed by atoms with Crippen molar-refractivity contribution in [1.82, 2.24) is 15.2 Å². The van der Waals surface area contributed by atoms with E-state index < -0.39 is 4.92 Å². The van der Waals surface area contributed by atoms with Crippen LogP contribution in [-0.2, 0) is 0 Å². The van der Waals surface area contributed by atoms with Crippen molar-refractivity contribution in [2.45, 2.75) is 44.3 Å². The predicted octanol–water partition coefficient (Wildman–Crippen LogP) is 3.13. The molecule has 0 radical (unpaired) electrons. The van der Waals surface area contributed by atoms with Crippen molar-refractivity contribution in [2.75, 3.05) is 18.4 Å². The van der Waals surface area contributed by atoms with Crippen LogP contribution in [0.5, 0.6) is 0 Å². The van der Waals surface area contributed by atoms with Crippen LogP contribution in [-0.4, -0.2) is 45.9 Å². The van der Waals surface area contributed by atoms with Crippen molar-refractivity contribution in [3.05, 3.63) is 64.0 Å². The lowest BCUT2D eigenvalue weighted by molar-refractivity contribution is -0.384. The number of carbonyl (C=O) groups is 1. The third-order valence-electron chi connectivity index (χ3n) is 5.76. The standard InChI is InChI=1S/C21H25N5O3/c1-14(18-4-2-3-10-22-18)23-19-8-5-15(12-20(19)26(28)29)21(27)25-11-9-16-6-7-17(13-25)24-16/h2-5,8,10,12,14,16-17,23-24H,6-7,9,11,13H2,1H3. The zero-order valence-electron chi connectivity index (χ0n) is 16.4. The maximum atomic E-state index is 13.0. The summed E-state index contributed by atoms with van der Waals surface area (Å²) in [6.45, 7) is 3.22. The van der Waals surface area contributed by atoms with E-state index in [0.29, 0.717) is 36.4 Å². The summed E-state index contributed by atoms with van der Waals surface area (Å²) in [4.78, 5) is 30.3. The zero-order chi connectivity index (χ0) is 20.4. The molecule has 2 aliphatic rings. The summed E-state index contributed by atoms with van der Waals surface area (Å²) in [5.74, 6) is -0.147. The van der Waals surface area contributed by atoms with Crippen LogP contribution in [0.15, 0.2) is 42.6 Å². The van der Waals surface area contributed by atoms with Crippen molar-refractivity contribution >= 4 is 17.3 Å². The lowest BCUT2D eigenvalue weighted by Crippen LogP contribution is -2.39. The number of hydrogen-bond acceptors (Lipinski definition) is 6. The van der Waals surface area contributed by atoms with Crippen molar-refractivity contribution in [1.29, 1.82) is 0 Å². The van der Waals surface area contributed by atoms with Crippen LogP contribution in [0, 0.1) is 10.1 Å². The zero-order valence-corrected chi connectivity index (χ0v) is 16.4. The van der Waals surface area contributed by atoms with Crippen LogP contribution in [0.3, 0.4) is 0 Å². The van der Waals surface area contributed by atoms with Gasteiger partial charge in [0, 0.05) is 43.0 Å². The largest absolute Gasteiger partial charge is 0.371 e. The van der Waals surface area contributed by atoms with E-state index in [1.807, 2.05) is 30.0 Å². The fraction of sp³-hybridized carbons (Fsp3) is 0.429.